The molecule has 0 radical (unpaired) electrons. The molecule has 59 heavy (non-hydrogen) atoms. The maximum atomic E-state index is 14.4. The number of benzene rings is 3. The van der Waals surface area contributed by atoms with Gasteiger partial charge in [-0.15, -0.1) is 23.1 Å². The number of nitrogens with one attached hydrogen (secondary N) is 2. The van der Waals surface area contributed by atoms with E-state index in [9.17, 15) is 19.2 Å². The molecule has 2 aliphatic rings. The van der Waals surface area contributed by atoms with Gasteiger partial charge >= 0.3 is 11.9 Å². The number of aromatic nitrogens is 1. The number of thiazole rings is 1. The van der Waals surface area contributed by atoms with E-state index in [0.29, 0.717) is 15.3 Å². The van der Waals surface area contributed by atoms with Crippen LogP contribution in [0.25, 0.3) is 0 Å². The number of amides is 2. The number of nitrogens with zero attached hydrogens (tertiary/aromatic N) is 3. The normalized spacial score (nSPS) is 17.4. The number of rotatable bonds is 13. The zero-order chi connectivity index (χ0) is 42.8. The van der Waals surface area contributed by atoms with E-state index in [4.69, 9.17) is 19.3 Å². The van der Waals surface area contributed by atoms with Crippen molar-refractivity contribution in [3.63, 3.8) is 0 Å². The Balaban J connectivity index is 1.36. The molecule has 2 aliphatic heterocycles. The average molecular weight is 950 g/mol. The predicted molar refractivity (Wildman–Crippen MR) is 239 cm³/mol. The molecule has 0 aliphatic carbocycles. The van der Waals surface area contributed by atoms with Crippen LogP contribution < -0.4 is 10.6 Å². The van der Waals surface area contributed by atoms with Crippen LogP contribution in [-0.2, 0) is 39.0 Å². The minimum Gasteiger partial charge on any atom is -0.457 e. The highest BCUT2D eigenvalue weighted by atomic mass is 127. The van der Waals surface area contributed by atoms with Gasteiger partial charge in [-0.3, -0.25) is 14.5 Å². The molecule has 0 saturated carbocycles. The SMILES string of the molecule is CC(C)(C)OC(=O)C1=C(CI)CSC2C(NC(=O)/C(=N\OC(C)(C)C(=O)OC(C)(C)C)c3csc(NC(c4ccccc4)(c4ccccc4)c4ccccc4)n3)C(=O)N12. The maximum absolute atomic E-state index is 14.4. The van der Waals surface area contributed by atoms with Crippen molar-refractivity contribution in [2.24, 2.45) is 5.16 Å². The number of alkyl halides is 1. The van der Waals surface area contributed by atoms with Crippen LogP contribution in [0.5, 0.6) is 0 Å². The van der Waals surface area contributed by atoms with E-state index < -0.39 is 57.5 Å². The molecular formula is C44H48IN5O7S2. The highest BCUT2D eigenvalue weighted by Gasteiger charge is 2.55. The lowest BCUT2D eigenvalue weighted by molar-refractivity contribution is -0.179. The highest BCUT2D eigenvalue weighted by molar-refractivity contribution is 14.1. The van der Waals surface area contributed by atoms with Crippen LogP contribution in [-0.4, -0.2) is 77.7 Å². The molecule has 1 aromatic heterocycles. The molecule has 15 heteroatoms. The summed E-state index contributed by atoms with van der Waals surface area (Å²) in [5.74, 6) is -2.04. The second-order valence-corrected chi connectivity index (χ2v) is 19.2. The first-order chi connectivity index (χ1) is 27.8. The van der Waals surface area contributed by atoms with Crippen molar-refractivity contribution in [2.75, 3.05) is 15.5 Å². The number of halogens is 1. The van der Waals surface area contributed by atoms with Crippen molar-refractivity contribution in [3.8, 4) is 0 Å². The topological polar surface area (TPSA) is 149 Å². The molecule has 12 nitrogen and oxygen atoms in total. The van der Waals surface area contributed by atoms with E-state index in [-0.39, 0.29) is 17.1 Å². The van der Waals surface area contributed by atoms with Gasteiger partial charge in [-0.25, -0.2) is 14.6 Å². The van der Waals surface area contributed by atoms with Crippen LogP contribution in [0.2, 0.25) is 0 Å². The first kappa shape index (κ1) is 43.8. The Morgan fingerprint density at radius 2 is 1.36 bits per heavy atom. The molecule has 310 valence electrons. The zero-order valence-corrected chi connectivity index (χ0v) is 38.0. The van der Waals surface area contributed by atoms with Crippen LogP contribution in [0.15, 0.2) is 113 Å². The second-order valence-electron chi connectivity index (χ2n) is 16.5. The third-order valence-electron chi connectivity index (χ3n) is 9.22. The summed E-state index contributed by atoms with van der Waals surface area (Å²) in [5.41, 5.74) is -0.391. The highest BCUT2D eigenvalue weighted by Crippen LogP contribution is 2.43. The second kappa shape index (κ2) is 17.5. The van der Waals surface area contributed by atoms with Crippen LogP contribution in [0.4, 0.5) is 5.13 Å². The number of oxime groups is 1. The van der Waals surface area contributed by atoms with Gasteiger partial charge in [-0.2, -0.15) is 0 Å². The smallest absolute Gasteiger partial charge is 0.355 e. The molecule has 1 saturated heterocycles. The molecular weight excluding hydrogens is 902 g/mol. The fourth-order valence-electron chi connectivity index (χ4n) is 6.49. The summed E-state index contributed by atoms with van der Waals surface area (Å²) in [6, 6.07) is 29.0. The van der Waals surface area contributed by atoms with Crippen LogP contribution in [0.3, 0.4) is 0 Å². The predicted octanol–water partition coefficient (Wildman–Crippen LogP) is 7.82. The summed E-state index contributed by atoms with van der Waals surface area (Å²) in [6.07, 6.45) is 0. The molecule has 2 N–H and O–H groups in total. The number of hydrogen-bond acceptors (Lipinski definition) is 12. The first-order valence-electron chi connectivity index (χ1n) is 19.0. The number of thioether (sulfide) groups is 1. The van der Waals surface area contributed by atoms with Crippen molar-refractivity contribution in [1.82, 2.24) is 15.2 Å². The van der Waals surface area contributed by atoms with Crippen LogP contribution >= 0.6 is 45.7 Å². The number of β-lactam (4-membered cyclic amide) rings is 1. The Bertz CT molecular complexity index is 2150. The number of ether oxygens (including phenoxy) is 2. The third kappa shape index (κ3) is 9.68. The van der Waals surface area contributed by atoms with Crippen molar-refractivity contribution in [2.45, 2.75) is 89.1 Å². The van der Waals surface area contributed by atoms with Crippen molar-refractivity contribution in [1.29, 1.82) is 0 Å². The van der Waals surface area contributed by atoms with Crippen LogP contribution in [0.1, 0.15) is 77.8 Å². The fraction of sp³-hybridized carbons (Fsp3) is 0.364. The van der Waals surface area contributed by atoms with E-state index in [2.05, 4.69) is 38.4 Å². The van der Waals surface area contributed by atoms with Gasteiger partial charge in [0.1, 0.15) is 39.5 Å². The number of carbonyl (C=O) groups is 4. The molecule has 4 aromatic rings. The Kier molecular flexibility index (Phi) is 13.0. The van der Waals surface area contributed by atoms with Gasteiger partial charge in [0.25, 0.3) is 11.8 Å². The summed E-state index contributed by atoms with van der Waals surface area (Å²) in [5, 5.41) is 12.3. The summed E-state index contributed by atoms with van der Waals surface area (Å²) >= 11 is 4.86. The minimum atomic E-state index is -1.61. The summed E-state index contributed by atoms with van der Waals surface area (Å²) in [6.45, 7) is 13.5. The number of fused-ring (bicyclic) bond motifs is 1. The van der Waals surface area contributed by atoms with Gasteiger partial charge in [-0.05, 0) is 77.7 Å². The van der Waals surface area contributed by atoms with E-state index in [0.717, 1.165) is 22.3 Å². The third-order valence-corrected chi connectivity index (χ3v) is 12.2. The Hall–Kier alpha value is -4.74. The van der Waals surface area contributed by atoms with E-state index in [1.807, 2.05) is 91.0 Å². The molecule has 0 bridgehead atoms. The lowest BCUT2D eigenvalue weighted by Crippen LogP contribution is -2.71. The molecule has 2 atom stereocenters. The Morgan fingerprint density at radius 1 is 0.831 bits per heavy atom. The van der Waals surface area contributed by atoms with Gasteiger partial charge in [0, 0.05) is 15.6 Å². The fourth-order valence-corrected chi connectivity index (χ4v) is 9.59. The van der Waals surface area contributed by atoms with Crippen molar-refractivity contribution < 1.29 is 33.5 Å². The Labute approximate surface area is 366 Å². The monoisotopic (exact) mass is 949 g/mol. The number of esters is 2. The lowest BCUT2D eigenvalue weighted by Gasteiger charge is -2.49. The molecule has 2 unspecified atom stereocenters. The van der Waals surface area contributed by atoms with Gasteiger partial charge in [-0.1, -0.05) is 119 Å². The number of anilines is 1. The van der Waals surface area contributed by atoms with E-state index in [1.165, 1.54) is 41.8 Å². The Morgan fingerprint density at radius 3 is 1.85 bits per heavy atom. The van der Waals surface area contributed by atoms with Gasteiger partial charge in [0.2, 0.25) is 5.60 Å². The lowest BCUT2D eigenvalue weighted by atomic mass is 9.77. The van der Waals surface area contributed by atoms with Gasteiger partial charge in [0.05, 0.1) is 0 Å². The summed E-state index contributed by atoms with van der Waals surface area (Å²) < 4.78 is 11.8. The van der Waals surface area contributed by atoms with Crippen molar-refractivity contribution in [3.05, 3.63) is 130 Å². The molecule has 1 fully saturated rings. The molecule has 3 heterocycles. The van der Waals surface area contributed by atoms with Crippen LogP contribution in [0, 0.1) is 0 Å². The summed E-state index contributed by atoms with van der Waals surface area (Å²) in [7, 11) is 0. The number of carbonyl (C=O) groups excluding carboxylic acids is 4. The number of hydrogen-bond donors (Lipinski definition) is 2. The molecule has 3 aromatic carbocycles. The minimum absolute atomic E-state index is 0.138. The molecule has 0 spiro atoms. The van der Waals surface area contributed by atoms with E-state index in [1.54, 1.807) is 46.9 Å². The first-order valence-corrected chi connectivity index (χ1v) is 22.5. The van der Waals surface area contributed by atoms with Gasteiger partial charge in [0.15, 0.2) is 10.8 Å². The molecule has 6 rings (SSSR count). The van der Waals surface area contributed by atoms with Crippen molar-refractivity contribution >= 4 is 80.3 Å². The van der Waals surface area contributed by atoms with E-state index >= 15 is 0 Å². The largest absolute Gasteiger partial charge is 0.457 e. The summed E-state index contributed by atoms with van der Waals surface area (Å²) in [4.78, 5) is 66.9. The standard InChI is InChI=1S/C44H48IN5O7S2/c1-41(2,3)55-38(53)34-27(24-45)25-58-37-33(36(52)50(34)37)47-35(51)32(49-57-43(7,8)39(54)56-42(4,5)6)31-26-59-40(46-31)48-44(28-18-12-9-13-19-28,29-20-14-10-15-21-29)30-22-16-11-17-23-30/h9-23,26,33,37H,24-25H2,1-8H3,(H,46,48)(H,47,51)/b49-32-. The quantitative estimate of drug-likeness (QED) is 0.0259. The average Bonchev–Trinajstić information content (AvgIpc) is 3.65. The maximum Gasteiger partial charge on any atom is 0.355 e. The van der Waals surface area contributed by atoms with Gasteiger partial charge < -0.3 is 24.9 Å². The zero-order valence-electron chi connectivity index (χ0n) is 34.2. The molecule has 2 amide bonds.